The van der Waals surface area contributed by atoms with Crippen LogP contribution in [-0.4, -0.2) is 34.1 Å². The molecule has 26 heavy (non-hydrogen) atoms. The van der Waals surface area contributed by atoms with Gasteiger partial charge in [0.2, 0.25) is 5.91 Å². The molecule has 0 radical (unpaired) electrons. The molecule has 2 atom stereocenters. The zero-order chi connectivity index (χ0) is 19.0. The minimum Gasteiger partial charge on any atom is -0.507 e. The zero-order valence-electron chi connectivity index (χ0n) is 16.3. The molecule has 2 aliphatic rings. The van der Waals surface area contributed by atoms with Crippen molar-refractivity contribution in [3.05, 3.63) is 34.9 Å². The first-order chi connectivity index (χ1) is 12.3. The number of phenols is 2. The summed E-state index contributed by atoms with van der Waals surface area (Å²) in [6.07, 6.45) is 5.18. The van der Waals surface area contributed by atoms with Crippen molar-refractivity contribution in [2.75, 3.05) is 13.1 Å². The Morgan fingerprint density at radius 1 is 1.23 bits per heavy atom. The summed E-state index contributed by atoms with van der Waals surface area (Å²) < 4.78 is 0. The molecule has 1 aromatic carbocycles. The molecule has 1 aromatic rings. The second kappa shape index (κ2) is 7.34. The summed E-state index contributed by atoms with van der Waals surface area (Å²) in [7, 11) is 0. The maximum atomic E-state index is 11.3. The van der Waals surface area contributed by atoms with E-state index in [4.69, 9.17) is 0 Å². The molecule has 2 N–H and O–H groups in total. The fourth-order valence-corrected chi connectivity index (χ4v) is 4.56. The number of likely N-dealkylation sites (tertiary alicyclic amines) is 1. The minimum atomic E-state index is 0.0645. The van der Waals surface area contributed by atoms with Crippen LogP contribution in [0.25, 0.3) is 0 Å². The molecule has 4 nitrogen and oxygen atoms in total. The van der Waals surface area contributed by atoms with Gasteiger partial charge in [0, 0.05) is 31.5 Å². The minimum absolute atomic E-state index is 0.0645. The predicted octanol–water partition coefficient (Wildman–Crippen LogP) is 4.21. The molecule has 0 bridgehead atoms. The van der Waals surface area contributed by atoms with Crippen LogP contribution in [0.5, 0.6) is 11.5 Å². The smallest absolute Gasteiger partial charge is 0.219 e. The van der Waals surface area contributed by atoms with Crippen LogP contribution < -0.4 is 0 Å². The van der Waals surface area contributed by atoms with Gasteiger partial charge in [0.25, 0.3) is 0 Å². The van der Waals surface area contributed by atoms with Gasteiger partial charge in [0.05, 0.1) is 0 Å². The number of aromatic hydroxyl groups is 2. The van der Waals surface area contributed by atoms with Crippen molar-refractivity contribution in [3.63, 3.8) is 0 Å². The molecule has 3 rings (SSSR count). The summed E-state index contributed by atoms with van der Waals surface area (Å²) in [5.41, 5.74) is 2.94. The van der Waals surface area contributed by atoms with Crippen LogP contribution in [0.2, 0.25) is 0 Å². The number of carbonyl (C=O) groups is 1. The highest BCUT2D eigenvalue weighted by atomic mass is 16.3. The average Bonchev–Trinajstić information content (AvgIpc) is 2.49. The van der Waals surface area contributed by atoms with E-state index in [2.05, 4.69) is 26.8 Å². The van der Waals surface area contributed by atoms with Crippen molar-refractivity contribution in [2.45, 2.75) is 52.9 Å². The first-order valence-corrected chi connectivity index (χ1v) is 9.73. The second-order valence-corrected chi connectivity index (χ2v) is 8.53. The number of hydrogen-bond donors (Lipinski definition) is 2. The van der Waals surface area contributed by atoms with Crippen molar-refractivity contribution in [2.24, 2.45) is 17.8 Å². The van der Waals surface area contributed by atoms with Gasteiger partial charge in [-0.05, 0) is 61.6 Å². The number of allylic oxidation sites excluding steroid dienone is 2. The Bertz CT molecular complexity index is 693. The van der Waals surface area contributed by atoms with Gasteiger partial charge in [-0.3, -0.25) is 4.79 Å². The lowest BCUT2D eigenvalue weighted by Crippen LogP contribution is -2.49. The lowest BCUT2D eigenvalue weighted by molar-refractivity contribution is -0.134. The van der Waals surface area contributed by atoms with Crippen LogP contribution in [0.15, 0.2) is 23.8 Å². The summed E-state index contributed by atoms with van der Waals surface area (Å²) in [5.74, 6) is 1.90. The number of phenolic OH excluding ortho intramolecular Hbond substituents is 2. The quantitative estimate of drug-likeness (QED) is 0.793. The summed E-state index contributed by atoms with van der Waals surface area (Å²) in [6.45, 7) is 9.67. The lowest BCUT2D eigenvalue weighted by Gasteiger charge is -2.39. The molecule has 0 saturated carbocycles. The van der Waals surface area contributed by atoms with E-state index < -0.39 is 0 Å². The van der Waals surface area contributed by atoms with Crippen LogP contribution in [0.4, 0.5) is 0 Å². The van der Waals surface area contributed by atoms with Gasteiger partial charge in [-0.15, -0.1) is 0 Å². The highest BCUT2D eigenvalue weighted by molar-refractivity contribution is 5.74. The highest BCUT2D eigenvalue weighted by Gasteiger charge is 2.32. The normalized spacial score (nSPS) is 23.7. The van der Waals surface area contributed by atoms with Gasteiger partial charge in [-0.1, -0.05) is 25.5 Å². The average molecular weight is 357 g/mol. The Morgan fingerprint density at radius 3 is 2.38 bits per heavy atom. The molecule has 0 spiro atoms. The Hall–Kier alpha value is -1.97. The standard InChI is InChI=1S/C22H31NO3/c1-13(2)18-6-5-14(3)7-19(18)22-20(25)9-16(10-21(22)26)8-17-11-23(12-17)15(4)24/h7,9-10,13,17-19,25-26H,5-6,8,11-12H2,1-4H3/t18-,19+/m0/s1. The highest BCUT2D eigenvalue weighted by Crippen LogP contribution is 2.47. The van der Waals surface area contributed by atoms with E-state index in [1.807, 2.05) is 4.90 Å². The van der Waals surface area contributed by atoms with Crippen LogP contribution in [-0.2, 0) is 11.2 Å². The van der Waals surface area contributed by atoms with Crippen molar-refractivity contribution in [3.8, 4) is 11.5 Å². The molecule has 1 amide bonds. The van der Waals surface area contributed by atoms with Gasteiger partial charge >= 0.3 is 0 Å². The van der Waals surface area contributed by atoms with Crippen molar-refractivity contribution >= 4 is 5.91 Å². The molecule has 142 valence electrons. The van der Waals surface area contributed by atoms with Gasteiger partial charge in [0.1, 0.15) is 11.5 Å². The molecule has 1 fully saturated rings. The number of rotatable bonds is 4. The monoisotopic (exact) mass is 357 g/mol. The third kappa shape index (κ3) is 3.74. The molecule has 0 unspecified atom stereocenters. The van der Waals surface area contributed by atoms with Crippen LogP contribution in [0, 0.1) is 17.8 Å². The molecule has 1 aliphatic carbocycles. The van der Waals surface area contributed by atoms with Gasteiger partial charge in [0.15, 0.2) is 0 Å². The third-order valence-electron chi connectivity index (χ3n) is 6.11. The van der Waals surface area contributed by atoms with Crippen LogP contribution in [0.1, 0.15) is 57.6 Å². The number of nitrogens with zero attached hydrogens (tertiary/aromatic N) is 1. The maximum Gasteiger partial charge on any atom is 0.219 e. The molecule has 1 aliphatic heterocycles. The SMILES string of the molecule is CC(=O)N1CC(Cc2cc(O)c([C@@H]3C=C(C)CC[C@H]3C(C)C)c(O)c2)C1. The summed E-state index contributed by atoms with van der Waals surface area (Å²) in [6, 6.07) is 3.61. The fourth-order valence-electron chi connectivity index (χ4n) is 4.56. The van der Waals surface area contributed by atoms with E-state index in [0.717, 1.165) is 37.9 Å². The molecular weight excluding hydrogens is 326 g/mol. The Labute approximate surface area is 156 Å². The van der Waals surface area contributed by atoms with Gasteiger partial charge < -0.3 is 15.1 Å². The van der Waals surface area contributed by atoms with Crippen molar-refractivity contribution < 1.29 is 15.0 Å². The number of benzene rings is 1. The zero-order valence-corrected chi connectivity index (χ0v) is 16.3. The number of hydrogen-bond acceptors (Lipinski definition) is 3. The molecular formula is C22H31NO3. The Kier molecular flexibility index (Phi) is 5.31. The molecule has 1 saturated heterocycles. The lowest BCUT2D eigenvalue weighted by atomic mass is 9.71. The van der Waals surface area contributed by atoms with Crippen molar-refractivity contribution in [1.29, 1.82) is 0 Å². The van der Waals surface area contributed by atoms with E-state index in [9.17, 15) is 15.0 Å². The molecule has 4 heteroatoms. The van der Waals surface area contributed by atoms with E-state index in [1.165, 1.54) is 5.57 Å². The van der Waals surface area contributed by atoms with E-state index in [-0.39, 0.29) is 23.3 Å². The van der Waals surface area contributed by atoms with Gasteiger partial charge in [-0.2, -0.15) is 0 Å². The largest absolute Gasteiger partial charge is 0.507 e. The van der Waals surface area contributed by atoms with Gasteiger partial charge in [-0.25, -0.2) is 0 Å². The Morgan fingerprint density at radius 2 is 1.85 bits per heavy atom. The topological polar surface area (TPSA) is 60.8 Å². The first-order valence-electron chi connectivity index (χ1n) is 9.73. The van der Waals surface area contributed by atoms with Crippen molar-refractivity contribution in [1.82, 2.24) is 4.90 Å². The number of amides is 1. The van der Waals surface area contributed by atoms with E-state index >= 15 is 0 Å². The van der Waals surface area contributed by atoms with E-state index in [0.29, 0.717) is 23.3 Å². The molecule has 1 heterocycles. The number of carbonyl (C=O) groups excluding carboxylic acids is 1. The predicted molar refractivity (Wildman–Crippen MR) is 103 cm³/mol. The summed E-state index contributed by atoms with van der Waals surface area (Å²) in [4.78, 5) is 13.1. The van der Waals surface area contributed by atoms with Crippen LogP contribution in [0.3, 0.4) is 0 Å². The third-order valence-corrected chi connectivity index (χ3v) is 6.11. The summed E-state index contributed by atoms with van der Waals surface area (Å²) in [5, 5.41) is 21.4. The van der Waals surface area contributed by atoms with E-state index in [1.54, 1.807) is 19.1 Å². The van der Waals surface area contributed by atoms with Crippen LogP contribution >= 0.6 is 0 Å². The maximum absolute atomic E-state index is 11.3. The molecule has 0 aromatic heterocycles. The second-order valence-electron chi connectivity index (χ2n) is 8.53. The Balaban J connectivity index is 1.81. The first kappa shape index (κ1) is 18.8. The fraction of sp³-hybridized carbons (Fsp3) is 0.591. The summed E-state index contributed by atoms with van der Waals surface area (Å²) >= 11 is 0.